The molecule has 2 aromatic rings. The van der Waals surface area contributed by atoms with Crippen molar-refractivity contribution in [1.29, 1.82) is 0 Å². The molecule has 0 amide bonds. The van der Waals surface area contributed by atoms with E-state index < -0.39 is 0 Å². The van der Waals surface area contributed by atoms with Gasteiger partial charge in [-0.25, -0.2) is 0 Å². The number of nitrogens with zero attached hydrogens (tertiary/aromatic N) is 1. The lowest BCUT2D eigenvalue weighted by Gasteiger charge is -2.13. The predicted molar refractivity (Wildman–Crippen MR) is 79.3 cm³/mol. The quantitative estimate of drug-likeness (QED) is 0.724. The van der Waals surface area contributed by atoms with Crippen LogP contribution in [-0.4, -0.2) is 14.1 Å². The molecule has 5 N–H and O–H groups in total. The van der Waals surface area contributed by atoms with Gasteiger partial charge < -0.3 is 21.7 Å². The molecule has 94 valence electrons. The van der Waals surface area contributed by atoms with Gasteiger partial charge in [0.1, 0.15) is 0 Å². The van der Waals surface area contributed by atoms with Crippen LogP contribution in [0.5, 0.6) is 0 Å². The Hall–Kier alpha value is -2.36. The lowest BCUT2D eigenvalue weighted by atomic mass is 10.2. The maximum Gasteiger partial charge on any atom is 0.0568 e. The van der Waals surface area contributed by atoms with Gasteiger partial charge in [0.2, 0.25) is 0 Å². The normalized spacial score (nSPS) is 10.1. The SMILES string of the molecule is CN(C)c1ccc(Nc2ccc(N)c(N)c2)cc1. The van der Waals surface area contributed by atoms with Gasteiger partial charge in [0.15, 0.2) is 0 Å². The highest BCUT2D eigenvalue weighted by Gasteiger charge is 1.99. The lowest BCUT2D eigenvalue weighted by molar-refractivity contribution is 1.13. The van der Waals surface area contributed by atoms with Crippen LogP contribution in [0.3, 0.4) is 0 Å². The zero-order chi connectivity index (χ0) is 13.1. The van der Waals surface area contributed by atoms with Crippen molar-refractivity contribution in [3.8, 4) is 0 Å². The fraction of sp³-hybridized carbons (Fsp3) is 0.143. The molecule has 0 radical (unpaired) electrons. The second kappa shape index (κ2) is 4.87. The van der Waals surface area contributed by atoms with E-state index in [1.807, 2.05) is 38.4 Å². The largest absolute Gasteiger partial charge is 0.397 e. The molecule has 2 aromatic carbocycles. The summed E-state index contributed by atoms with van der Waals surface area (Å²) in [5.41, 5.74) is 15.7. The molecule has 4 heteroatoms. The minimum Gasteiger partial charge on any atom is -0.397 e. The summed E-state index contributed by atoms with van der Waals surface area (Å²) in [6, 6.07) is 13.7. The van der Waals surface area contributed by atoms with Crippen LogP contribution in [0.25, 0.3) is 0 Å². The second-order valence-corrected chi connectivity index (χ2v) is 4.41. The number of anilines is 5. The molecule has 0 aliphatic rings. The Morgan fingerprint density at radius 2 is 1.44 bits per heavy atom. The summed E-state index contributed by atoms with van der Waals surface area (Å²) in [4.78, 5) is 2.06. The van der Waals surface area contributed by atoms with Crippen LogP contribution in [0, 0.1) is 0 Å². The van der Waals surface area contributed by atoms with E-state index in [-0.39, 0.29) is 0 Å². The van der Waals surface area contributed by atoms with E-state index in [1.165, 1.54) is 0 Å². The van der Waals surface area contributed by atoms with Gasteiger partial charge in [-0.2, -0.15) is 0 Å². The van der Waals surface area contributed by atoms with E-state index in [0.717, 1.165) is 17.1 Å². The van der Waals surface area contributed by atoms with Crippen molar-refractivity contribution in [2.75, 3.05) is 35.8 Å². The van der Waals surface area contributed by atoms with E-state index in [2.05, 4.69) is 22.3 Å². The van der Waals surface area contributed by atoms with Crippen molar-refractivity contribution in [3.05, 3.63) is 42.5 Å². The van der Waals surface area contributed by atoms with Gasteiger partial charge >= 0.3 is 0 Å². The zero-order valence-electron chi connectivity index (χ0n) is 10.6. The predicted octanol–water partition coefficient (Wildman–Crippen LogP) is 2.66. The first-order chi connectivity index (χ1) is 8.56. The molecule has 0 fully saturated rings. The molecule has 0 saturated heterocycles. The van der Waals surface area contributed by atoms with E-state index in [0.29, 0.717) is 11.4 Å². The first-order valence-corrected chi connectivity index (χ1v) is 5.75. The van der Waals surface area contributed by atoms with Crippen LogP contribution in [0.1, 0.15) is 0 Å². The number of nitrogens with one attached hydrogen (secondary N) is 1. The van der Waals surface area contributed by atoms with Crippen molar-refractivity contribution in [3.63, 3.8) is 0 Å². The van der Waals surface area contributed by atoms with Gasteiger partial charge in [0, 0.05) is 31.2 Å². The van der Waals surface area contributed by atoms with E-state index in [1.54, 1.807) is 6.07 Å². The first kappa shape index (κ1) is 12.1. The number of hydrogen-bond donors (Lipinski definition) is 3. The molecule has 4 nitrogen and oxygen atoms in total. The number of nitrogens with two attached hydrogens (primary N) is 2. The number of nitrogen functional groups attached to an aromatic ring is 2. The molecule has 0 aromatic heterocycles. The molecular formula is C14H18N4. The van der Waals surface area contributed by atoms with Crippen LogP contribution in [-0.2, 0) is 0 Å². The average Bonchev–Trinajstić information content (AvgIpc) is 2.34. The Morgan fingerprint density at radius 3 is 2.00 bits per heavy atom. The van der Waals surface area contributed by atoms with Crippen molar-refractivity contribution in [2.45, 2.75) is 0 Å². The molecule has 0 atom stereocenters. The van der Waals surface area contributed by atoms with Crippen molar-refractivity contribution < 1.29 is 0 Å². The summed E-state index contributed by atoms with van der Waals surface area (Å²) in [6.07, 6.45) is 0. The highest BCUT2D eigenvalue weighted by atomic mass is 15.1. The van der Waals surface area contributed by atoms with Crippen LogP contribution in [0.4, 0.5) is 28.4 Å². The Morgan fingerprint density at radius 1 is 0.833 bits per heavy atom. The third-order valence-corrected chi connectivity index (χ3v) is 2.76. The second-order valence-electron chi connectivity index (χ2n) is 4.41. The minimum absolute atomic E-state index is 0.588. The average molecular weight is 242 g/mol. The molecule has 2 rings (SSSR count). The fourth-order valence-corrected chi connectivity index (χ4v) is 1.66. The van der Waals surface area contributed by atoms with Crippen LogP contribution < -0.4 is 21.7 Å². The Balaban J connectivity index is 2.15. The number of benzene rings is 2. The van der Waals surface area contributed by atoms with Crippen molar-refractivity contribution >= 4 is 28.4 Å². The third-order valence-electron chi connectivity index (χ3n) is 2.76. The van der Waals surface area contributed by atoms with Gasteiger partial charge in [-0.15, -0.1) is 0 Å². The molecule has 0 spiro atoms. The minimum atomic E-state index is 0.588. The van der Waals surface area contributed by atoms with Gasteiger partial charge in [-0.1, -0.05) is 0 Å². The Labute approximate surface area is 107 Å². The molecule has 0 saturated carbocycles. The summed E-state index contributed by atoms with van der Waals surface area (Å²) in [5, 5.41) is 3.28. The van der Waals surface area contributed by atoms with Crippen LogP contribution >= 0.6 is 0 Å². The van der Waals surface area contributed by atoms with Gasteiger partial charge in [0.05, 0.1) is 11.4 Å². The summed E-state index contributed by atoms with van der Waals surface area (Å²) in [6.45, 7) is 0. The maximum atomic E-state index is 5.77. The first-order valence-electron chi connectivity index (χ1n) is 5.75. The Kier molecular flexibility index (Phi) is 3.28. The molecule has 0 aliphatic heterocycles. The fourth-order valence-electron chi connectivity index (χ4n) is 1.66. The van der Waals surface area contributed by atoms with E-state index >= 15 is 0 Å². The molecule has 0 aliphatic carbocycles. The molecular weight excluding hydrogens is 224 g/mol. The van der Waals surface area contributed by atoms with Crippen LogP contribution in [0.2, 0.25) is 0 Å². The zero-order valence-corrected chi connectivity index (χ0v) is 10.6. The molecule has 0 unspecified atom stereocenters. The summed E-state index contributed by atoms with van der Waals surface area (Å²) < 4.78 is 0. The summed E-state index contributed by atoms with van der Waals surface area (Å²) in [7, 11) is 4.03. The summed E-state index contributed by atoms with van der Waals surface area (Å²) in [5.74, 6) is 0. The number of hydrogen-bond acceptors (Lipinski definition) is 4. The van der Waals surface area contributed by atoms with Crippen LogP contribution in [0.15, 0.2) is 42.5 Å². The van der Waals surface area contributed by atoms with Gasteiger partial charge in [0.25, 0.3) is 0 Å². The standard InChI is InChI=1S/C14H18N4/c1-18(2)12-6-3-10(4-7-12)17-11-5-8-13(15)14(16)9-11/h3-9,17H,15-16H2,1-2H3. The molecule has 0 heterocycles. The Bertz CT molecular complexity index is 532. The van der Waals surface area contributed by atoms with Gasteiger partial charge in [-0.3, -0.25) is 0 Å². The van der Waals surface area contributed by atoms with E-state index in [4.69, 9.17) is 11.5 Å². The molecule has 18 heavy (non-hydrogen) atoms. The maximum absolute atomic E-state index is 5.77. The highest BCUT2D eigenvalue weighted by molar-refractivity contribution is 5.72. The van der Waals surface area contributed by atoms with Crippen molar-refractivity contribution in [2.24, 2.45) is 0 Å². The van der Waals surface area contributed by atoms with Gasteiger partial charge in [-0.05, 0) is 42.5 Å². The van der Waals surface area contributed by atoms with E-state index in [9.17, 15) is 0 Å². The smallest absolute Gasteiger partial charge is 0.0568 e. The lowest BCUT2D eigenvalue weighted by Crippen LogP contribution is -2.08. The topological polar surface area (TPSA) is 67.3 Å². The highest BCUT2D eigenvalue weighted by Crippen LogP contribution is 2.24. The summed E-state index contributed by atoms with van der Waals surface area (Å²) >= 11 is 0. The third kappa shape index (κ3) is 2.66. The number of rotatable bonds is 3. The molecule has 0 bridgehead atoms. The monoisotopic (exact) mass is 242 g/mol. The van der Waals surface area contributed by atoms with Crippen molar-refractivity contribution in [1.82, 2.24) is 0 Å².